The van der Waals surface area contributed by atoms with Crippen LogP contribution < -0.4 is 5.32 Å². The summed E-state index contributed by atoms with van der Waals surface area (Å²) in [4.78, 5) is 58.7. The van der Waals surface area contributed by atoms with Gasteiger partial charge in [0, 0.05) is 32.6 Å². The van der Waals surface area contributed by atoms with Crippen molar-refractivity contribution in [3.8, 4) is 0 Å². The Bertz CT molecular complexity index is 650. The Morgan fingerprint density at radius 2 is 1.24 bits per heavy atom. The SMILES string of the molecule is CC(=O)N1C(=O)C2CCCC1NC2=O.CCCCCCC(=O)CCCCC(=O)CCCCCC. The molecular formula is C27H46N2O5. The zero-order chi connectivity index (χ0) is 25.3. The van der Waals surface area contributed by atoms with E-state index in [0.717, 1.165) is 44.9 Å². The second-order valence-electron chi connectivity index (χ2n) is 9.64. The molecule has 0 spiro atoms. The van der Waals surface area contributed by atoms with E-state index in [-0.39, 0.29) is 17.7 Å². The summed E-state index contributed by atoms with van der Waals surface area (Å²) in [6.07, 6.45) is 15.6. The third-order valence-corrected chi connectivity index (χ3v) is 6.56. The molecule has 2 atom stereocenters. The van der Waals surface area contributed by atoms with Crippen LogP contribution in [0.4, 0.5) is 0 Å². The van der Waals surface area contributed by atoms with Crippen molar-refractivity contribution in [3.05, 3.63) is 0 Å². The highest BCUT2D eigenvalue weighted by molar-refractivity contribution is 6.08. The maximum Gasteiger partial charge on any atom is 0.243 e. The highest BCUT2D eigenvalue weighted by Gasteiger charge is 2.44. The summed E-state index contributed by atoms with van der Waals surface area (Å²) in [5.41, 5.74) is 0. The molecule has 0 radical (unpaired) electrons. The predicted molar refractivity (Wildman–Crippen MR) is 133 cm³/mol. The Kier molecular flexibility index (Phi) is 15.3. The van der Waals surface area contributed by atoms with Crippen molar-refractivity contribution in [3.63, 3.8) is 0 Å². The van der Waals surface area contributed by atoms with E-state index in [1.807, 2.05) is 0 Å². The van der Waals surface area contributed by atoms with Crippen molar-refractivity contribution < 1.29 is 24.0 Å². The number of fused-ring (bicyclic) bond motifs is 4. The van der Waals surface area contributed by atoms with Gasteiger partial charge in [0.25, 0.3) is 0 Å². The molecule has 7 nitrogen and oxygen atoms in total. The van der Waals surface area contributed by atoms with Crippen LogP contribution in [0.5, 0.6) is 0 Å². The summed E-state index contributed by atoms with van der Waals surface area (Å²) in [6.45, 7) is 5.72. The Morgan fingerprint density at radius 1 is 0.765 bits per heavy atom. The van der Waals surface area contributed by atoms with Gasteiger partial charge >= 0.3 is 0 Å². The number of carbonyl (C=O) groups excluding carboxylic acids is 5. The van der Waals surface area contributed by atoms with Gasteiger partial charge in [0.2, 0.25) is 17.7 Å². The highest BCUT2D eigenvalue weighted by atomic mass is 16.2. The fourth-order valence-electron chi connectivity index (χ4n) is 4.50. The van der Waals surface area contributed by atoms with Crippen molar-refractivity contribution in [2.75, 3.05) is 0 Å². The van der Waals surface area contributed by atoms with Crippen LogP contribution >= 0.6 is 0 Å². The predicted octanol–water partition coefficient (Wildman–Crippen LogP) is 5.24. The maximum absolute atomic E-state index is 11.7. The van der Waals surface area contributed by atoms with Gasteiger partial charge in [-0.25, -0.2) is 0 Å². The van der Waals surface area contributed by atoms with Gasteiger partial charge < -0.3 is 5.32 Å². The quantitative estimate of drug-likeness (QED) is 0.256. The number of nitrogens with zero attached hydrogens (tertiary/aromatic N) is 1. The lowest BCUT2D eigenvalue weighted by atomic mass is 10.0. The number of rotatable bonds is 15. The normalized spacial score (nSPS) is 19.2. The molecule has 3 heterocycles. The van der Waals surface area contributed by atoms with E-state index in [9.17, 15) is 24.0 Å². The first-order valence-electron chi connectivity index (χ1n) is 13.5. The molecule has 7 heteroatoms. The first-order chi connectivity index (χ1) is 16.3. The lowest BCUT2D eigenvalue weighted by molar-refractivity contribution is -0.157. The van der Waals surface area contributed by atoms with Gasteiger partial charge in [-0.1, -0.05) is 52.4 Å². The molecule has 3 saturated heterocycles. The topological polar surface area (TPSA) is 101 Å². The first-order valence-corrected chi connectivity index (χ1v) is 13.5. The second kappa shape index (κ2) is 17.4. The monoisotopic (exact) mass is 478 g/mol. The summed E-state index contributed by atoms with van der Waals surface area (Å²) in [5, 5.41) is 2.69. The highest BCUT2D eigenvalue weighted by Crippen LogP contribution is 2.26. The Balaban J connectivity index is 0.000000358. The van der Waals surface area contributed by atoms with E-state index in [1.165, 1.54) is 50.3 Å². The van der Waals surface area contributed by atoms with Gasteiger partial charge in [0.1, 0.15) is 23.7 Å². The van der Waals surface area contributed by atoms with Crippen LogP contribution in [0.25, 0.3) is 0 Å². The van der Waals surface area contributed by atoms with Crippen LogP contribution in [0.3, 0.4) is 0 Å². The maximum atomic E-state index is 11.7. The lowest BCUT2D eigenvalue weighted by Gasteiger charge is -2.34. The molecule has 0 aliphatic carbocycles. The summed E-state index contributed by atoms with van der Waals surface area (Å²) >= 11 is 0. The van der Waals surface area contributed by atoms with Gasteiger partial charge in [-0.05, 0) is 44.9 Å². The molecule has 3 amide bonds. The zero-order valence-electron chi connectivity index (χ0n) is 21.7. The molecule has 34 heavy (non-hydrogen) atoms. The van der Waals surface area contributed by atoms with Crippen molar-refractivity contribution in [1.29, 1.82) is 0 Å². The minimum atomic E-state index is -0.641. The Labute approximate surface area is 205 Å². The number of amides is 3. The van der Waals surface area contributed by atoms with E-state index in [1.54, 1.807) is 0 Å². The molecule has 0 aromatic heterocycles. The number of carbonyl (C=O) groups is 5. The van der Waals surface area contributed by atoms with Crippen molar-refractivity contribution in [1.82, 2.24) is 10.2 Å². The largest absolute Gasteiger partial charge is 0.335 e. The molecule has 0 aromatic carbocycles. The number of hydrogen-bond acceptors (Lipinski definition) is 5. The van der Waals surface area contributed by atoms with Crippen LogP contribution in [0.2, 0.25) is 0 Å². The number of nitrogens with one attached hydrogen (secondary N) is 1. The number of hydrogen-bond donors (Lipinski definition) is 1. The standard InChI is InChI=1S/C18H34O2.C9H12N2O3/c1-3-5-7-9-13-17(19)15-11-12-16-18(20)14-10-8-6-4-2;1-5(12)11-7-4-2-3-6(9(11)14)8(13)10-7/h3-16H2,1-2H3;6-7H,2-4H2,1H3,(H,10,13). The van der Waals surface area contributed by atoms with E-state index in [4.69, 9.17) is 0 Å². The summed E-state index contributed by atoms with van der Waals surface area (Å²) < 4.78 is 0. The van der Waals surface area contributed by atoms with Crippen LogP contribution in [0.15, 0.2) is 0 Å². The van der Waals surface area contributed by atoms with E-state index >= 15 is 0 Å². The molecule has 0 saturated carbocycles. The average molecular weight is 479 g/mol. The van der Waals surface area contributed by atoms with Crippen LogP contribution in [-0.2, 0) is 24.0 Å². The molecule has 0 aromatic rings. The van der Waals surface area contributed by atoms with E-state index < -0.39 is 12.1 Å². The van der Waals surface area contributed by atoms with E-state index in [2.05, 4.69) is 19.2 Å². The molecule has 3 aliphatic rings. The lowest BCUT2D eigenvalue weighted by Crippen LogP contribution is -2.60. The summed E-state index contributed by atoms with van der Waals surface area (Å²) in [5.74, 6) is -0.712. The number of Topliss-reactive ketones (excluding diaryl/α,β-unsaturated/α-hetero) is 2. The molecule has 3 rings (SSSR count). The second-order valence-corrected chi connectivity index (χ2v) is 9.64. The van der Waals surface area contributed by atoms with Crippen LogP contribution in [0, 0.1) is 5.92 Å². The number of imide groups is 1. The molecular weight excluding hydrogens is 432 g/mol. The van der Waals surface area contributed by atoms with Crippen molar-refractivity contribution in [2.24, 2.45) is 5.92 Å². The van der Waals surface area contributed by atoms with Crippen molar-refractivity contribution >= 4 is 29.3 Å². The molecule has 3 aliphatic heterocycles. The van der Waals surface area contributed by atoms with Crippen molar-refractivity contribution in [2.45, 2.75) is 136 Å². The summed E-state index contributed by atoms with van der Waals surface area (Å²) in [7, 11) is 0. The zero-order valence-corrected chi connectivity index (χ0v) is 21.7. The average Bonchev–Trinajstić information content (AvgIpc) is 3.08. The fourth-order valence-corrected chi connectivity index (χ4v) is 4.50. The molecule has 194 valence electrons. The molecule has 1 N–H and O–H groups in total. The van der Waals surface area contributed by atoms with Gasteiger partial charge in [-0.3, -0.25) is 28.9 Å². The third kappa shape index (κ3) is 11.4. The van der Waals surface area contributed by atoms with Crippen LogP contribution in [-0.4, -0.2) is 40.4 Å². The van der Waals surface area contributed by atoms with Gasteiger partial charge in [-0.15, -0.1) is 0 Å². The Morgan fingerprint density at radius 3 is 1.68 bits per heavy atom. The smallest absolute Gasteiger partial charge is 0.243 e. The fraction of sp³-hybridized carbons (Fsp3) is 0.815. The Hall–Kier alpha value is -2.05. The number of unbranched alkanes of at least 4 members (excludes halogenated alkanes) is 7. The van der Waals surface area contributed by atoms with Crippen LogP contribution in [0.1, 0.15) is 130 Å². The molecule has 2 unspecified atom stereocenters. The minimum Gasteiger partial charge on any atom is -0.335 e. The first kappa shape index (κ1) is 30.0. The minimum absolute atomic E-state index is 0.227. The molecule has 3 fully saturated rings. The molecule has 2 bridgehead atoms. The van der Waals surface area contributed by atoms with Gasteiger partial charge in [0.05, 0.1) is 0 Å². The van der Waals surface area contributed by atoms with Gasteiger partial charge in [0.15, 0.2) is 0 Å². The summed E-state index contributed by atoms with van der Waals surface area (Å²) in [6, 6.07) is 0. The third-order valence-electron chi connectivity index (χ3n) is 6.56. The number of ketones is 2. The van der Waals surface area contributed by atoms with Gasteiger partial charge in [-0.2, -0.15) is 0 Å². The van der Waals surface area contributed by atoms with E-state index in [0.29, 0.717) is 37.2 Å².